The van der Waals surface area contributed by atoms with E-state index in [-0.39, 0.29) is 0 Å². The van der Waals surface area contributed by atoms with Gasteiger partial charge in [0.05, 0.1) is 5.88 Å². The monoisotopic (exact) mass is 145 g/mol. The molecule has 1 aliphatic heterocycles. The van der Waals surface area contributed by atoms with Crippen LogP contribution in [-0.4, -0.2) is 28.9 Å². The first-order valence-electron chi connectivity index (χ1n) is 2.48. The van der Waals surface area contributed by atoms with Crippen LogP contribution < -0.4 is 0 Å². The minimum absolute atomic E-state index is 0.389. The summed E-state index contributed by atoms with van der Waals surface area (Å²) >= 11 is 1.50. The number of likely N-dealkylation sites (N-methyl/N-ethyl adjacent to an activating group) is 1. The highest BCUT2D eigenvalue weighted by Gasteiger charge is 2.16. The van der Waals surface area contributed by atoms with E-state index in [0.717, 1.165) is 5.88 Å². The normalized spacial score (nSPS) is 17.9. The molecule has 0 fully saturated rings. The van der Waals surface area contributed by atoms with Crippen LogP contribution in [0.4, 0.5) is 0 Å². The Labute approximate surface area is 57.3 Å². The number of hydrogen-bond acceptors (Lipinski definition) is 3. The Balaban J connectivity index is 2.68. The lowest BCUT2D eigenvalue weighted by atomic mass is 10.5. The predicted octanol–water partition coefficient (Wildman–Crippen LogP) is 0.548. The van der Waals surface area contributed by atoms with E-state index in [9.17, 15) is 4.79 Å². The van der Waals surface area contributed by atoms with Crippen molar-refractivity contribution in [2.24, 2.45) is 0 Å². The van der Waals surface area contributed by atoms with Gasteiger partial charge in [0.1, 0.15) is 5.70 Å². The van der Waals surface area contributed by atoms with Gasteiger partial charge >= 0.3 is 5.97 Å². The molecule has 0 aromatic heterocycles. The van der Waals surface area contributed by atoms with Gasteiger partial charge in [-0.3, -0.25) is 0 Å². The van der Waals surface area contributed by atoms with E-state index in [1.807, 2.05) is 0 Å². The Morgan fingerprint density at radius 1 is 2.00 bits per heavy atom. The van der Waals surface area contributed by atoms with Crippen molar-refractivity contribution in [3.63, 3.8) is 0 Å². The van der Waals surface area contributed by atoms with E-state index < -0.39 is 5.97 Å². The molecule has 1 rings (SSSR count). The maximum Gasteiger partial charge on any atom is 0.352 e. The second-order valence-corrected chi connectivity index (χ2v) is 2.63. The van der Waals surface area contributed by atoms with Crippen molar-refractivity contribution >= 4 is 17.7 Å². The first-order valence-corrected chi connectivity index (χ1v) is 3.53. The molecule has 0 amide bonds. The Kier molecular flexibility index (Phi) is 1.66. The average Bonchev–Trinajstić information content (AvgIpc) is 2.13. The molecule has 0 atom stereocenters. The molecule has 3 nitrogen and oxygen atoms in total. The number of carbonyl (C=O) groups is 1. The third-order valence-corrected chi connectivity index (χ3v) is 2.02. The number of nitrogens with zero attached hydrogens (tertiary/aromatic N) is 1. The van der Waals surface area contributed by atoms with E-state index in [0.29, 0.717) is 5.70 Å². The van der Waals surface area contributed by atoms with Crippen LogP contribution in [0.1, 0.15) is 0 Å². The molecule has 1 heterocycles. The topological polar surface area (TPSA) is 40.5 Å². The zero-order valence-corrected chi connectivity index (χ0v) is 5.81. The molecule has 0 saturated carbocycles. The Bertz CT molecular complexity index is 166. The fourth-order valence-corrected chi connectivity index (χ4v) is 1.48. The summed E-state index contributed by atoms with van der Waals surface area (Å²) in [6.45, 7) is 0. The molecule has 0 spiro atoms. The number of thioether (sulfide) groups is 1. The minimum atomic E-state index is -0.845. The lowest BCUT2D eigenvalue weighted by Crippen LogP contribution is -2.18. The highest BCUT2D eigenvalue weighted by atomic mass is 32.2. The van der Waals surface area contributed by atoms with Gasteiger partial charge in [-0.25, -0.2) is 4.79 Å². The van der Waals surface area contributed by atoms with Crippen molar-refractivity contribution in [2.75, 3.05) is 12.9 Å². The molecule has 0 aromatic rings. The maximum atomic E-state index is 10.3. The van der Waals surface area contributed by atoms with Crippen LogP contribution >= 0.6 is 11.8 Å². The molecule has 0 aliphatic carbocycles. The zero-order chi connectivity index (χ0) is 6.85. The van der Waals surface area contributed by atoms with Crippen LogP contribution in [0.15, 0.2) is 11.1 Å². The number of rotatable bonds is 1. The molecule has 1 N–H and O–H groups in total. The van der Waals surface area contributed by atoms with Crippen molar-refractivity contribution in [2.45, 2.75) is 0 Å². The Morgan fingerprint density at radius 3 is 2.89 bits per heavy atom. The van der Waals surface area contributed by atoms with Gasteiger partial charge in [-0.1, -0.05) is 0 Å². The average molecular weight is 145 g/mol. The highest BCUT2D eigenvalue weighted by molar-refractivity contribution is 8.02. The highest BCUT2D eigenvalue weighted by Crippen LogP contribution is 2.20. The number of hydrogen-bond donors (Lipinski definition) is 1. The van der Waals surface area contributed by atoms with Crippen LogP contribution in [0, 0.1) is 0 Å². The molecule has 1 aliphatic rings. The van der Waals surface area contributed by atoms with Gasteiger partial charge in [-0.15, -0.1) is 11.8 Å². The predicted molar refractivity (Wildman–Crippen MR) is 35.9 cm³/mol. The summed E-state index contributed by atoms with van der Waals surface area (Å²) in [7, 11) is 1.76. The smallest absolute Gasteiger partial charge is 0.352 e. The summed E-state index contributed by atoms with van der Waals surface area (Å²) in [4.78, 5) is 12.0. The first kappa shape index (κ1) is 6.48. The molecule has 0 aromatic carbocycles. The van der Waals surface area contributed by atoms with Crippen LogP contribution in [-0.2, 0) is 4.79 Å². The summed E-state index contributed by atoms with van der Waals surface area (Å²) in [5, 5.41) is 10.1. The minimum Gasteiger partial charge on any atom is -0.477 e. The number of carboxylic acids is 1. The molecule has 0 saturated heterocycles. The van der Waals surface area contributed by atoms with Gasteiger partial charge in [0.2, 0.25) is 0 Å². The van der Waals surface area contributed by atoms with E-state index in [2.05, 4.69) is 0 Å². The second-order valence-electron chi connectivity index (χ2n) is 1.80. The molecule has 4 heteroatoms. The van der Waals surface area contributed by atoms with Gasteiger partial charge in [0.25, 0.3) is 0 Å². The van der Waals surface area contributed by atoms with Crippen LogP contribution in [0.25, 0.3) is 0 Å². The van der Waals surface area contributed by atoms with Gasteiger partial charge in [0.15, 0.2) is 0 Å². The molecular formula is C5H7NO2S. The van der Waals surface area contributed by atoms with Gasteiger partial charge in [-0.2, -0.15) is 0 Å². The summed E-state index contributed by atoms with van der Waals surface area (Å²) in [5.74, 6) is -0.0933. The van der Waals surface area contributed by atoms with Crippen molar-refractivity contribution in [3.05, 3.63) is 11.1 Å². The largest absolute Gasteiger partial charge is 0.477 e. The lowest BCUT2D eigenvalue weighted by Gasteiger charge is -2.09. The van der Waals surface area contributed by atoms with Crippen molar-refractivity contribution < 1.29 is 9.90 Å². The van der Waals surface area contributed by atoms with Gasteiger partial charge in [-0.05, 0) is 0 Å². The molecule has 50 valence electrons. The molecule has 0 unspecified atom stereocenters. The van der Waals surface area contributed by atoms with Crippen molar-refractivity contribution in [3.8, 4) is 0 Å². The van der Waals surface area contributed by atoms with E-state index >= 15 is 0 Å². The molecule has 0 bridgehead atoms. The van der Waals surface area contributed by atoms with E-state index in [1.165, 1.54) is 11.8 Å². The van der Waals surface area contributed by atoms with Crippen molar-refractivity contribution in [1.29, 1.82) is 0 Å². The van der Waals surface area contributed by atoms with E-state index in [1.54, 1.807) is 17.4 Å². The molecular weight excluding hydrogens is 138 g/mol. The van der Waals surface area contributed by atoms with Crippen LogP contribution in [0.3, 0.4) is 0 Å². The summed E-state index contributed by atoms with van der Waals surface area (Å²) < 4.78 is 0. The van der Waals surface area contributed by atoms with Gasteiger partial charge in [0, 0.05) is 12.5 Å². The van der Waals surface area contributed by atoms with Gasteiger partial charge < -0.3 is 10.0 Å². The third-order valence-electron chi connectivity index (χ3n) is 1.09. The first-order chi connectivity index (χ1) is 4.22. The van der Waals surface area contributed by atoms with Crippen molar-refractivity contribution in [1.82, 2.24) is 4.90 Å². The Morgan fingerprint density at radius 2 is 2.67 bits per heavy atom. The maximum absolute atomic E-state index is 10.3. The summed E-state index contributed by atoms with van der Waals surface area (Å²) in [5.41, 5.74) is 0.389. The molecule has 0 radical (unpaired) electrons. The second kappa shape index (κ2) is 2.31. The summed E-state index contributed by atoms with van der Waals surface area (Å²) in [6.07, 6.45) is 0. The van der Waals surface area contributed by atoms with Crippen LogP contribution in [0.2, 0.25) is 0 Å². The third kappa shape index (κ3) is 1.18. The standard InChI is InChI=1S/C5H7NO2S/c1-6-3-9-2-4(6)5(7)8/h2H,3H2,1H3,(H,7,8). The quantitative estimate of drug-likeness (QED) is 0.585. The fraction of sp³-hybridized carbons (Fsp3) is 0.400. The number of aliphatic carboxylic acids is 1. The summed E-state index contributed by atoms with van der Waals surface area (Å²) in [6, 6.07) is 0. The fourth-order valence-electron chi connectivity index (χ4n) is 0.601. The Hall–Kier alpha value is -0.640. The van der Waals surface area contributed by atoms with Crippen LogP contribution in [0.5, 0.6) is 0 Å². The zero-order valence-electron chi connectivity index (χ0n) is 5.00. The SMILES string of the molecule is CN1CSC=C1C(=O)O. The number of carboxylic acid groups (broad SMARTS) is 1. The van der Waals surface area contributed by atoms with E-state index in [4.69, 9.17) is 5.11 Å². The molecule has 9 heavy (non-hydrogen) atoms. The lowest BCUT2D eigenvalue weighted by molar-refractivity contribution is -0.134.